The maximum atomic E-state index is 5.68. The van der Waals surface area contributed by atoms with Gasteiger partial charge < -0.3 is 4.90 Å². The van der Waals surface area contributed by atoms with Crippen molar-refractivity contribution in [2.45, 2.75) is 37.6 Å². The van der Waals surface area contributed by atoms with Crippen LogP contribution in [0.2, 0.25) is 0 Å². The Bertz CT molecular complexity index is 376. The number of nitrogens with two attached hydrogens (primary N) is 1. The Morgan fingerprint density at radius 3 is 2.89 bits per heavy atom. The van der Waals surface area contributed by atoms with E-state index in [9.17, 15) is 0 Å². The number of nitrogens with zero attached hydrogens (tertiary/aromatic N) is 1. The lowest BCUT2D eigenvalue weighted by atomic mass is 9.79. The Morgan fingerprint density at radius 2 is 2.17 bits per heavy atom. The van der Waals surface area contributed by atoms with Crippen LogP contribution in [0.4, 0.5) is 0 Å². The standard InChI is InChI=1S/C15H25N3/c1-18(2)11-14(17-16)10-13-8-5-7-12-6-3-4-9-15(12)13/h3-4,6,9,13-14,17H,5,7-8,10-11,16H2,1-2H3. The predicted molar refractivity (Wildman–Crippen MR) is 76.4 cm³/mol. The number of hydrazine groups is 1. The molecule has 3 N–H and O–H groups in total. The molecule has 0 saturated carbocycles. The van der Waals surface area contributed by atoms with Gasteiger partial charge in [0.25, 0.3) is 0 Å². The van der Waals surface area contributed by atoms with Crippen molar-refractivity contribution >= 4 is 0 Å². The highest BCUT2D eigenvalue weighted by Crippen LogP contribution is 2.34. The number of benzene rings is 1. The number of fused-ring (bicyclic) bond motifs is 1. The van der Waals surface area contributed by atoms with Crippen LogP contribution in [-0.2, 0) is 6.42 Å². The van der Waals surface area contributed by atoms with Gasteiger partial charge in [0.05, 0.1) is 0 Å². The number of hydrogen-bond acceptors (Lipinski definition) is 3. The summed E-state index contributed by atoms with van der Waals surface area (Å²) in [5.41, 5.74) is 6.05. The van der Waals surface area contributed by atoms with Gasteiger partial charge in [-0.05, 0) is 56.8 Å². The lowest BCUT2D eigenvalue weighted by molar-refractivity contribution is 0.309. The molecule has 0 saturated heterocycles. The van der Waals surface area contributed by atoms with Gasteiger partial charge in [-0.15, -0.1) is 0 Å². The highest BCUT2D eigenvalue weighted by Gasteiger charge is 2.22. The molecule has 0 aliphatic heterocycles. The molecule has 18 heavy (non-hydrogen) atoms. The smallest absolute Gasteiger partial charge is 0.0343 e. The molecule has 0 aromatic heterocycles. The first-order valence-electron chi connectivity index (χ1n) is 6.89. The molecule has 0 amide bonds. The molecule has 1 aliphatic rings. The van der Waals surface area contributed by atoms with E-state index in [2.05, 4.69) is 48.7 Å². The van der Waals surface area contributed by atoms with Crippen molar-refractivity contribution in [2.24, 2.45) is 5.84 Å². The maximum absolute atomic E-state index is 5.68. The third-order valence-corrected chi connectivity index (χ3v) is 3.88. The first-order valence-corrected chi connectivity index (χ1v) is 6.89. The minimum Gasteiger partial charge on any atom is -0.308 e. The summed E-state index contributed by atoms with van der Waals surface area (Å²) < 4.78 is 0. The summed E-state index contributed by atoms with van der Waals surface area (Å²) in [6.45, 7) is 0.995. The topological polar surface area (TPSA) is 41.3 Å². The van der Waals surface area contributed by atoms with Gasteiger partial charge in [-0.3, -0.25) is 11.3 Å². The molecule has 1 aromatic rings. The zero-order valence-corrected chi connectivity index (χ0v) is 11.5. The SMILES string of the molecule is CN(C)CC(CC1CCCc2ccccc21)NN. The second-order valence-corrected chi connectivity index (χ2v) is 5.65. The number of likely N-dealkylation sites (N-methyl/N-ethyl adjacent to an activating group) is 1. The normalized spacial score (nSPS) is 20.8. The van der Waals surface area contributed by atoms with Crippen molar-refractivity contribution < 1.29 is 0 Å². The van der Waals surface area contributed by atoms with Crippen LogP contribution in [0, 0.1) is 0 Å². The van der Waals surface area contributed by atoms with Crippen LogP contribution in [0.5, 0.6) is 0 Å². The quantitative estimate of drug-likeness (QED) is 0.617. The first kappa shape index (κ1) is 13.5. The Hall–Kier alpha value is -0.900. The molecule has 0 spiro atoms. The average Bonchev–Trinajstić information content (AvgIpc) is 2.38. The number of aryl methyl sites for hydroxylation is 1. The molecular weight excluding hydrogens is 222 g/mol. The minimum atomic E-state index is 0.371. The summed E-state index contributed by atoms with van der Waals surface area (Å²) >= 11 is 0. The molecule has 2 unspecified atom stereocenters. The van der Waals surface area contributed by atoms with Crippen molar-refractivity contribution in [2.75, 3.05) is 20.6 Å². The highest BCUT2D eigenvalue weighted by molar-refractivity contribution is 5.32. The van der Waals surface area contributed by atoms with Gasteiger partial charge in [-0.1, -0.05) is 24.3 Å². The molecule has 0 radical (unpaired) electrons. The largest absolute Gasteiger partial charge is 0.308 e. The van der Waals surface area contributed by atoms with E-state index in [0.29, 0.717) is 12.0 Å². The third kappa shape index (κ3) is 3.31. The van der Waals surface area contributed by atoms with Crippen LogP contribution >= 0.6 is 0 Å². The number of rotatable bonds is 5. The Balaban J connectivity index is 2.06. The van der Waals surface area contributed by atoms with E-state index in [1.807, 2.05) is 0 Å². The second-order valence-electron chi connectivity index (χ2n) is 5.65. The minimum absolute atomic E-state index is 0.371. The van der Waals surface area contributed by atoms with Gasteiger partial charge >= 0.3 is 0 Å². The molecule has 2 atom stereocenters. The maximum Gasteiger partial charge on any atom is 0.0343 e. The van der Waals surface area contributed by atoms with Crippen molar-refractivity contribution in [1.82, 2.24) is 10.3 Å². The van der Waals surface area contributed by atoms with Gasteiger partial charge in [-0.25, -0.2) is 0 Å². The molecule has 1 aliphatic carbocycles. The van der Waals surface area contributed by atoms with Crippen LogP contribution in [0.3, 0.4) is 0 Å². The van der Waals surface area contributed by atoms with Gasteiger partial charge in [-0.2, -0.15) is 0 Å². The lowest BCUT2D eigenvalue weighted by Crippen LogP contribution is -2.43. The molecular formula is C15H25N3. The van der Waals surface area contributed by atoms with Crippen molar-refractivity contribution in [1.29, 1.82) is 0 Å². The average molecular weight is 247 g/mol. The lowest BCUT2D eigenvalue weighted by Gasteiger charge is -2.30. The second kappa shape index (κ2) is 6.32. The third-order valence-electron chi connectivity index (χ3n) is 3.88. The summed E-state index contributed by atoms with van der Waals surface area (Å²) in [5, 5.41) is 0. The van der Waals surface area contributed by atoms with Crippen molar-refractivity contribution in [3.63, 3.8) is 0 Å². The van der Waals surface area contributed by atoms with E-state index in [1.54, 1.807) is 5.56 Å². The summed E-state index contributed by atoms with van der Waals surface area (Å²) in [4.78, 5) is 2.19. The van der Waals surface area contributed by atoms with Gasteiger partial charge in [0.2, 0.25) is 0 Å². The fraction of sp³-hybridized carbons (Fsp3) is 0.600. The zero-order chi connectivity index (χ0) is 13.0. The number of hydrogen-bond donors (Lipinski definition) is 2. The molecule has 1 aromatic carbocycles. The van der Waals surface area contributed by atoms with E-state index < -0.39 is 0 Å². The zero-order valence-electron chi connectivity index (χ0n) is 11.5. The van der Waals surface area contributed by atoms with Gasteiger partial charge in [0.1, 0.15) is 0 Å². The van der Waals surface area contributed by atoms with Crippen LogP contribution in [0.1, 0.15) is 36.3 Å². The van der Waals surface area contributed by atoms with E-state index in [-0.39, 0.29) is 0 Å². The van der Waals surface area contributed by atoms with Crippen LogP contribution in [0.15, 0.2) is 24.3 Å². The Labute approximate surface area is 110 Å². The van der Waals surface area contributed by atoms with Crippen molar-refractivity contribution in [3.05, 3.63) is 35.4 Å². The fourth-order valence-electron chi connectivity index (χ4n) is 3.08. The highest BCUT2D eigenvalue weighted by atomic mass is 15.3. The van der Waals surface area contributed by atoms with Crippen LogP contribution in [0.25, 0.3) is 0 Å². The van der Waals surface area contributed by atoms with Crippen LogP contribution in [-0.4, -0.2) is 31.6 Å². The summed E-state index contributed by atoms with van der Waals surface area (Å²) in [6.07, 6.45) is 4.97. The Kier molecular flexibility index (Phi) is 4.75. The molecule has 2 rings (SSSR count). The molecule has 3 nitrogen and oxygen atoms in total. The van der Waals surface area contributed by atoms with E-state index in [4.69, 9.17) is 5.84 Å². The Morgan fingerprint density at radius 1 is 1.39 bits per heavy atom. The van der Waals surface area contributed by atoms with E-state index in [0.717, 1.165) is 13.0 Å². The van der Waals surface area contributed by atoms with Gasteiger partial charge in [0, 0.05) is 12.6 Å². The number of nitrogens with one attached hydrogen (secondary N) is 1. The summed E-state index contributed by atoms with van der Waals surface area (Å²) in [6, 6.07) is 9.25. The van der Waals surface area contributed by atoms with Crippen LogP contribution < -0.4 is 11.3 Å². The van der Waals surface area contributed by atoms with E-state index >= 15 is 0 Å². The van der Waals surface area contributed by atoms with Gasteiger partial charge in [0.15, 0.2) is 0 Å². The molecule has 0 bridgehead atoms. The summed E-state index contributed by atoms with van der Waals surface area (Å²) in [5.74, 6) is 6.34. The monoisotopic (exact) mass is 247 g/mol. The van der Waals surface area contributed by atoms with Crippen molar-refractivity contribution in [3.8, 4) is 0 Å². The molecule has 0 fully saturated rings. The predicted octanol–water partition coefficient (Wildman–Crippen LogP) is 1.89. The fourth-order valence-corrected chi connectivity index (χ4v) is 3.08. The molecule has 0 heterocycles. The summed E-state index contributed by atoms with van der Waals surface area (Å²) in [7, 11) is 4.19. The molecule has 3 heteroatoms. The molecule has 100 valence electrons. The first-order chi connectivity index (χ1) is 8.70. The van der Waals surface area contributed by atoms with E-state index in [1.165, 1.54) is 24.8 Å².